The number of aromatic carboxylic acids is 1. The molecule has 0 bridgehead atoms. The maximum Gasteiger partial charge on any atom is 0.335 e. The van der Waals surface area contributed by atoms with Crippen molar-refractivity contribution >= 4 is 33.3 Å². The van der Waals surface area contributed by atoms with Crippen LogP contribution in [0.25, 0.3) is 0 Å². The molecule has 2 aromatic carbocycles. The van der Waals surface area contributed by atoms with E-state index in [1.807, 2.05) is 0 Å². The third-order valence-corrected chi connectivity index (χ3v) is 5.30. The minimum absolute atomic E-state index is 0.118. The first-order valence-electron chi connectivity index (χ1n) is 8.18. The Morgan fingerprint density at radius 2 is 1.63 bits per heavy atom. The summed E-state index contributed by atoms with van der Waals surface area (Å²) in [7, 11) is -4.00. The number of anilines is 2. The van der Waals surface area contributed by atoms with Gasteiger partial charge in [0, 0.05) is 11.1 Å². The Morgan fingerprint density at radius 1 is 1.00 bits per heavy atom. The number of sulfonamides is 1. The maximum atomic E-state index is 12.7. The lowest BCUT2D eigenvalue weighted by molar-refractivity contribution is -0.123. The van der Waals surface area contributed by atoms with Crippen molar-refractivity contribution < 1.29 is 23.1 Å². The molecule has 0 saturated heterocycles. The molecule has 27 heavy (non-hydrogen) atoms. The molecule has 8 heteroatoms. The molecule has 0 heterocycles. The summed E-state index contributed by atoms with van der Waals surface area (Å²) in [4.78, 5) is 23.1. The van der Waals surface area contributed by atoms with Crippen molar-refractivity contribution in [3.05, 3.63) is 53.6 Å². The molecule has 0 aromatic heterocycles. The van der Waals surface area contributed by atoms with Crippen molar-refractivity contribution in [2.75, 3.05) is 10.0 Å². The average molecular weight is 390 g/mol. The minimum Gasteiger partial charge on any atom is -0.478 e. The van der Waals surface area contributed by atoms with E-state index >= 15 is 0 Å². The van der Waals surface area contributed by atoms with Crippen LogP contribution in [0.3, 0.4) is 0 Å². The van der Waals surface area contributed by atoms with E-state index in [9.17, 15) is 18.0 Å². The van der Waals surface area contributed by atoms with E-state index in [1.165, 1.54) is 18.2 Å². The molecule has 2 aromatic rings. The topological polar surface area (TPSA) is 113 Å². The zero-order chi connectivity index (χ0) is 20.4. The summed E-state index contributed by atoms with van der Waals surface area (Å²) >= 11 is 0. The Morgan fingerprint density at radius 3 is 2.22 bits per heavy atom. The van der Waals surface area contributed by atoms with Crippen LogP contribution in [-0.2, 0) is 14.8 Å². The van der Waals surface area contributed by atoms with Gasteiger partial charge in [0.15, 0.2) is 0 Å². The van der Waals surface area contributed by atoms with Gasteiger partial charge in [0.1, 0.15) is 0 Å². The van der Waals surface area contributed by atoms with Gasteiger partial charge in [-0.1, -0.05) is 32.9 Å². The number of benzene rings is 2. The van der Waals surface area contributed by atoms with Crippen molar-refractivity contribution in [1.29, 1.82) is 0 Å². The van der Waals surface area contributed by atoms with E-state index < -0.39 is 21.4 Å². The Hall–Kier alpha value is -2.87. The van der Waals surface area contributed by atoms with E-state index in [1.54, 1.807) is 45.9 Å². The minimum atomic E-state index is -4.00. The van der Waals surface area contributed by atoms with Crippen molar-refractivity contribution in [2.24, 2.45) is 5.41 Å². The second kappa shape index (κ2) is 7.40. The van der Waals surface area contributed by atoms with E-state index in [4.69, 9.17) is 5.11 Å². The SMILES string of the molecule is Cc1ccc(C(=O)O)cc1S(=O)(=O)Nc1cccc(NC(=O)C(C)(C)C)c1. The van der Waals surface area contributed by atoms with Crippen LogP contribution in [0.15, 0.2) is 47.4 Å². The van der Waals surface area contributed by atoms with Gasteiger partial charge in [-0.3, -0.25) is 9.52 Å². The lowest BCUT2D eigenvalue weighted by Gasteiger charge is -2.18. The second-order valence-corrected chi connectivity index (χ2v) is 8.83. The summed E-state index contributed by atoms with van der Waals surface area (Å²) in [6, 6.07) is 10.2. The first kappa shape index (κ1) is 20.4. The highest BCUT2D eigenvalue weighted by molar-refractivity contribution is 7.92. The largest absolute Gasteiger partial charge is 0.478 e. The van der Waals surface area contributed by atoms with Crippen LogP contribution in [0.2, 0.25) is 0 Å². The molecule has 0 unspecified atom stereocenters. The van der Waals surface area contributed by atoms with Gasteiger partial charge < -0.3 is 10.4 Å². The van der Waals surface area contributed by atoms with Gasteiger partial charge in [-0.2, -0.15) is 0 Å². The molecule has 1 amide bonds. The first-order valence-corrected chi connectivity index (χ1v) is 9.67. The molecule has 0 spiro atoms. The number of hydrogen-bond acceptors (Lipinski definition) is 4. The van der Waals surface area contributed by atoms with E-state index in [2.05, 4.69) is 10.0 Å². The molecule has 144 valence electrons. The second-order valence-electron chi connectivity index (χ2n) is 7.18. The first-order chi connectivity index (χ1) is 12.4. The molecule has 0 radical (unpaired) electrons. The number of rotatable bonds is 5. The lowest BCUT2D eigenvalue weighted by Crippen LogP contribution is -2.27. The van der Waals surface area contributed by atoms with Gasteiger partial charge in [0.2, 0.25) is 5.91 Å². The molecule has 3 N–H and O–H groups in total. The number of carboxylic acid groups (broad SMARTS) is 1. The maximum absolute atomic E-state index is 12.7. The molecular formula is C19H22N2O5S. The summed E-state index contributed by atoms with van der Waals surface area (Å²) < 4.78 is 27.8. The van der Waals surface area contributed by atoms with Crippen molar-refractivity contribution in [1.82, 2.24) is 0 Å². The Balaban J connectivity index is 2.31. The fraction of sp³-hybridized carbons (Fsp3) is 0.263. The standard InChI is InChI=1S/C19H22N2O5S/c1-12-8-9-13(17(22)23)10-16(12)27(25,26)21-15-7-5-6-14(11-15)20-18(24)19(2,3)4/h5-11,21H,1-4H3,(H,20,24)(H,22,23). The third kappa shape index (κ3) is 5.07. The van der Waals surface area contributed by atoms with E-state index in [0.717, 1.165) is 6.07 Å². The summed E-state index contributed by atoms with van der Waals surface area (Å²) in [5.41, 5.74) is 0.411. The smallest absolute Gasteiger partial charge is 0.335 e. The zero-order valence-corrected chi connectivity index (χ0v) is 16.3. The van der Waals surface area contributed by atoms with Gasteiger partial charge in [-0.25, -0.2) is 13.2 Å². The van der Waals surface area contributed by atoms with Crippen LogP contribution < -0.4 is 10.0 Å². The number of nitrogens with one attached hydrogen (secondary N) is 2. The summed E-state index contributed by atoms with van der Waals surface area (Å²) in [5.74, 6) is -1.41. The highest BCUT2D eigenvalue weighted by Gasteiger charge is 2.22. The van der Waals surface area contributed by atoms with Gasteiger partial charge in [0.05, 0.1) is 16.1 Å². The quantitative estimate of drug-likeness (QED) is 0.723. The lowest BCUT2D eigenvalue weighted by atomic mass is 9.95. The van der Waals surface area contributed by atoms with Gasteiger partial charge in [0.25, 0.3) is 10.0 Å². The van der Waals surface area contributed by atoms with Gasteiger partial charge in [-0.15, -0.1) is 0 Å². The molecular weight excluding hydrogens is 368 g/mol. The predicted molar refractivity (Wildman–Crippen MR) is 103 cm³/mol. The summed E-state index contributed by atoms with van der Waals surface area (Å²) in [6.07, 6.45) is 0. The van der Waals surface area contributed by atoms with Crippen LogP contribution >= 0.6 is 0 Å². The number of amides is 1. The fourth-order valence-corrected chi connectivity index (χ4v) is 3.53. The molecule has 0 fully saturated rings. The molecule has 0 saturated carbocycles. The van der Waals surface area contributed by atoms with Crippen LogP contribution in [0, 0.1) is 12.3 Å². The van der Waals surface area contributed by atoms with Crippen LogP contribution in [0.4, 0.5) is 11.4 Å². The van der Waals surface area contributed by atoms with Crippen LogP contribution in [0.1, 0.15) is 36.7 Å². The van der Waals surface area contributed by atoms with E-state index in [-0.39, 0.29) is 22.1 Å². The number of aryl methyl sites for hydroxylation is 1. The monoisotopic (exact) mass is 390 g/mol. The Bertz CT molecular complexity index is 991. The molecule has 0 aliphatic rings. The predicted octanol–water partition coefficient (Wildman–Crippen LogP) is 3.48. The summed E-state index contributed by atoms with van der Waals surface area (Å²) in [5, 5.41) is 11.8. The number of carbonyl (C=O) groups is 2. The zero-order valence-electron chi connectivity index (χ0n) is 15.5. The highest BCUT2D eigenvalue weighted by atomic mass is 32.2. The van der Waals surface area contributed by atoms with Crippen molar-refractivity contribution in [2.45, 2.75) is 32.6 Å². The molecule has 0 aliphatic heterocycles. The van der Waals surface area contributed by atoms with Gasteiger partial charge >= 0.3 is 5.97 Å². The average Bonchev–Trinajstić information content (AvgIpc) is 2.53. The normalized spacial score (nSPS) is 11.7. The number of carbonyl (C=O) groups excluding carboxylic acids is 1. The van der Waals surface area contributed by atoms with Crippen molar-refractivity contribution in [3.63, 3.8) is 0 Å². The van der Waals surface area contributed by atoms with E-state index in [0.29, 0.717) is 11.3 Å². The van der Waals surface area contributed by atoms with Gasteiger partial charge in [-0.05, 0) is 42.8 Å². The Labute approximate surface area is 158 Å². The molecule has 2 rings (SSSR count). The third-order valence-electron chi connectivity index (χ3n) is 3.78. The highest BCUT2D eigenvalue weighted by Crippen LogP contribution is 2.24. The molecule has 7 nitrogen and oxygen atoms in total. The number of carboxylic acids is 1. The van der Waals surface area contributed by atoms with Crippen LogP contribution in [0.5, 0.6) is 0 Å². The fourth-order valence-electron chi connectivity index (χ4n) is 2.21. The number of hydrogen-bond donors (Lipinski definition) is 3. The molecule has 0 atom stereocenters. The van der Waals surface area contributed by atoms with Crippen molar-refractivity contribution in [3.8, 4) is 0 Å². The molecule has 0 aliphatic carbocycles. The van der Waals surface area contributed by atoms with Crippen LogP contribution in [-0.4, -0.2) is 25.4 Å². The Kier molecular flexibility index (Phi) is 5.60. The summed E-state index contributed by atoms with van der Waals surface area (Å²) in [6.45, 7) is 6.90.